The summed E-state index contributed by atoms with van der Waals surface area (Å²) in [5.41, 5.74) is 2.28. The summed E-state index contributed by atoms with van der Waals surface area (Å²) in [6.07, 6.45) is 6.97. The van der Waals surface area contributed by atoms with Crippen LogP contribution in [0.4, 0.5) is 0 Å². The third kappa shape index (κ3) is 3.27. The van der Waals surface area contributed by atoms with Crippen LogP contribution in [0.2, 0.25) is 0 Å². The molecule has 1 heteroatoms. The summed E-state index contributed by atoms with van der Waals surface area (Å²) >= 11 is 0. The van der Waals surface area contributed by atoms with Gasteiger partial charge in [-0.2, -0.15) is 0 Å². The topological polar surface area (TPSA) is 12.0 Å². The monoisotopic (exact) mass is 199 g/mol. The Morgan fingerprint density at radius 1 is 1.47 bits per heavy atom. The second-order valence-corrected chi connectivity index (χ2v) is 3.48. The fourth-order valence-corrected chi connectivity index (χ4v) is 1.57. The molecule has 0 heterocycles. The van der Waals surface area contributed by atoms with E-state index >= 15 is 0 Å². The first-order chi connectivity index (χ1) is 7.29. The van der Waals surface area contributed by atoms with Crippen molar-refractivity contribution in [1.29, 1.82) is 0 Å². The van der Waals surface area contributed by atoms with Crippen LogP contribution in [0, 0.1) is 12.3 Å². The van der Waals surface area contributed by atoms with E-state index in [0.717, 1.165) is 18.4 Å². The van der Waals surface area contributed by atoms with Crippen LogP contribution < -0.4 is 5.32 Å². The molecule has 1 N–H and O–H groups in total. The Morgan fingerprint density at radius 3 is 2.67 bits per heavy atom. The zero-order chi connectivity index (χ0) is 11.1. The molecule has 0 bridgehead atoms. The van der Waals surface area contributed by atoms with Gasteiger partial charge in [-0.3, -0.25) is 0 Å². The number of benzene rings is 1. The highest BCUT2D eigenvalue weighted by Crippen LogP contribution is 2.18. The van der Waals surface area contributed by atoms with Crippen LogP contribution in [-0.2, 0) is 0 Å². The lowest BCUT2D eigenvalue weighted by Gasteiger charge is -2.18. The van der Waals surface area contributed by atoms with E-state index in [1.54, 1.807) is 0 Å². The summed E-state index contributed by atoms with van der Waals surface area (Å²) < 4.78 is 0. The first kappa shape index (κ1) is 11.6. The molecule has 0 aliphatic rings. The van der Waals surface area contributed by atoms with Crippen molar-refractivity contribution in [3.63, 3.8) is 0 Å². The number of hydrogen-bond acceptors (Lipinski definition) is 1. The van der Waals surface area contributed by atoms with Crippen molar-refractivity contribution in [3.05, 3.63) is 42.5 Å². The summed E-state index contributed by atoms with van der Waals surface area (Å²) in [6, 6.07) is 10.5. The Labute approximate surface area is 92.2 Å². The van der Waals surface area contributed by atoms with Crippen LogP contribution in [0.1, 0.15) is 18.4 Å². The highest BCUT2D eigenvalue weighted by atomic mass is 14.9. The fourth-order valence-electron chi connectivity index (χ4n) is 1.57. The molecule has 0 radical (unpaired) electrons. The first-order valence-corrected chi connectivity index (χ1v) is 5.14. The van der Waals surface area contributed by atoms with Crippen molar-refractivity contribution in [2.45, 2.75) is 18.9 Å². The van der Waals surface area contributed by atoms with Crippen molar-refractivity contribution in [2.24, 2.45) is 0 Å². The number of hydrogen-bond donors (Lipinski definition) is 1. The van der Waals surface area contributed by atoms with Crippen molar-refractivity contribution >= 4 is 5.57 Å². The van der Waals surface area contributed by atoms with Gasteiger partial charge in [-0.05, 0) is 24.6 Å². The van der Waals surface area contributed by atoms with Crippen LogP contribution in [0.5, 0.6) is 0 Å². The molecule has 1 aromatic rings. The minimum absolute atomic E-state index is 0.267. The summed E-state index contributed by atoms with van der Waals surface area (Å²) in [7, 11) is 1.94. The Kier molecular flexibility index (Phi) is 4.66. The van der Waals surface area contributed by atoms with Crippen molar-refractivity contribution in [3.8, 4) is 12.3 Å². The molecule has 1 atom stereocenters. The Hall–Kier alpha value is -1.52. The van der Waals surface area contributed by atoms with Gasteiger partial charge in [0, 0.05) is 12.5 Å². The molecule has 1 nitrogen and oxygen atoms in total. The Morgan fingerprint density at radius 2 is 2.13 bits per heavy atom. The van der Waals surface area contributed by atoms with E-state index < -0.39 is 0 Å². The van der Waals surface area contributed by atoms with E-state index in [2.05, 4.69) is 29.9 Å². The maximum absolute atomic E-state index is 5.26. The van der Waals surface area contributed by atoms with Crippen LogP contribution in [0.25, 0.3) is 5.57 Å². The Bertz CT molecular complexity index is 345. The van der Waals surface area contributed by atoms with Gasteiger partial charge in [0.15, 0.2) is 0 Å². The molecular formula is C14H17N. The van der Waals surface area contributed by atoms with Crippen LogP contribution in [0.15, 0.2) is 36.9 Å². The molecule has 0 fully saturated rings. The molecule has 0 saturated carbocycles. The normalized spacial score (nSPS) is 11.7. The predicted molar refractivity (Wildman–Crippen MR) is 66.4 cm³/mol. The zero-order valence-electron chi connectivity index (χ0n) is 9.16. The third-order valence-electron chi connectivity index (χ3n) is 2.49. The molecule has 0 aromatic heterocycles. The second kappa shape index (κ2) is 6.06. The van der Waals surface area contributed by atoms with E-state index in [1.807, 2.05) is 25.2 Å². The minimum atomic E-state index is 0.267. The molecule has 0 saturated heterocycles. The minimum Gasteiger partial charge on any atom is -0.313 e. The molecule has 1 unspecified atom stereocenters. The number of terminal acetylenes is 1. The highest BCUT2D eigenvalue weighted by Gasteiger charge is 2.10. The molecule has 15 heavy (non-hydrogen) atoms. The molecule has 0 aliphatic carbocycles. The quantitative estimate of drug-likeness (QED) is 0.719. The number of likely N-dealkylation sites (N-methyl/N-ethyl adjacent to an activating group) is 1. The molecular weight excluding hydrogens is 182 g/mol. The van der Waals surface area contributed by atoms with Crippen molar-refractivity contribution < 1.29 is 0 Å². The number of nitrogens with one attached hydrogen (secondary N) is 1. The third-order valence-corrected chi connectivity index (χ3v) is 2.49. The predicted octanol–water partition coefficient (Wildman–Crippen LogP) is 2.70. The van der Waals surface area contributed by atoms with Gasteiger partial charge in [0.25, 0.3) is 0 Å². The summed E-state index contributed by atoms with van der Waals surface area (Å²) in [6.45, 7) is 4.12. The molecule has 0 amide bonds. The standard InChI is InChI=1S/C14H17N/c1-4-5-11-14(15-3)12(2)13-9-7-6-8-10-13/h1,6-10,14-15H,2,5,11H2,3H3. The Balaban J connectivity index is 2.70. The van der Waals surface area contributed by atoms with Gasteiger partial charge in [0.1, 0.15) is 0 Å². The smallest absolute Gasteiger partial charge is 0.0326 e. The van der Waals surface area contributed by atoms with Gasteiger partial charge in [-0.1, -0.05) is 36.9 Å². The molecule has 0 aliphatic heterocycles. The van der Waals surface area contributed by atoms with E-state index in [1.165, 1.54) is 5.56 Å². The highest BCUT2D eigenvalue weighted by molar-refractivity contribution is 5.67. The number of rotatable bonds is 5. The van der Waals surface area contributed by atoms with Gasteiger partial charge in [0.05, 0.1) is 0 Å². The van der Waals surface area contributed by atoms with Gasteiger partial charge in [-0.15, -0.1) is 12.3 Å². The average Bonchev–Trinajstić information content (AvgIpc) is 2.31. The lowest BCUT2D eigenvalue weighted by molar-refractivity contribution is 0.640. The fraction of sp³-hybridized carbons (Fsp3) is 0.286. The molecule has 78 valence electrons. The maximum atomic E-state index is 5.26. The average molecular weight is 199 g/mol. The van der Waals surface area contributed by atoms with Gasteiger partial charge in [0.2, 0.25) is 0 Å². The van der Waals surface area contributed by atoms with E-state index in [4.69, 9.17) is 6.42 Å². The van der Waals surface area contributed by atoms with Crippen LogP contribution >= 0.6 is 0 Å². The molecule has 1 rings (SSSR count). The van der Waals surface area contributed by atoms with E-state index in [9.17, 15) is 0 Å². The lowest BCUT2D eigenvalue weighted by atomic mass is 9.97. The molecule has 0 spiro atoms. The maximum Gasteiger partial charge on any atom is 0.0326 e. The van der Waals surface area contributed by atoms with Crippen molar-refractivity contribution in [1.82, 2.24) is 5.32 Å². The van der Waals surface area contributed by atoms with E-state index in [-0.39, 0.29) is 6.04 Å². The van der Waals surface area contributed by atoms with Gasteiger partial charge >= 0.3 is 0 Å². The first-order valence-electron chi connectivity index (χ1n) is 5.14. The SMILES string of the molecule is C#CCCC(NC)C(=C)c1ccccc1. The van der Waals surface area contributed by atoms with Crippen LogP contribution in [-0.4, -0.2) is 13.1 Å². The van der Waals surface area contributed by atoms with Crippen molar-refractivity contribution in [2.75, 3.05) is 7.05 Å². The second-order valence-electron chi connectivity index (χ2n) is 3.48. The largest absolute Gasteiger partial charge is 0.313 e. The molecule has 1 aromatic carbocycles. The van der Waals surface area contributed by atoms with Gasteiger partial charge < -0.3 is 5.32 Å². The summed E-state index contributed by atoms with van der Waals surface area (Å²) in [5, 5.41) is 3.24. The van der Waals surface area contributed by atoms with Crippen LogP contribution in [0.3, 0.4) is 0 Å². The summed E-state index contributed by atoms with van der Waals surface area (Å²) in [5.74, 6) is 2.66. The van der Waals surface area contributed by atoms with Gasteiger partial charge in [-0.25, -0.2) is 0 Å². The van der Waals surface area contributed by atoms with E-state index in [0.29, 0.717) is 0 Å². The zero-order valence-corrected chi connectivity index (χ0v) is 9.16. The summed E-state index contributed by atoms with van der Waals surface area (Å²) in [4.78, 5) is 0. The lowest BCUT2D eigenvalue weighted by Crippen LogP contribution is -2.25.